The minimum atomic E-state index is -3.77. The van der Waals surface area contributed by atoms with Gasteiger partial charge in [-0.25, -0.2) is 13.4 Å². The first-order chi connectivity index (χ1) is 8.88. The molecule has 0 saturated carbocycles. The minimum Gasteiger partial charge on any atom is -0.328 e. The van der Waals surface area contributed by atoms with Gasteiger partial charge in [0.15, 0.2) is 0 Å². The molecular weight excluding hydrogens is 290 g/mol. The summed E-state index contributed by atoms with van der Waals surface area (Å²) in [6, 6.07) is 5.37. The summed E-state index contributed by atoms with van der Waals surface area (Å²) >= 11 is 5.69. The summed E-state index contributed by atoms with van der Waals surface area (Å²) in [5, 5.41) is 0.282. The summed E-state index contributed by atoms with van der Waals surface area (Å²) in [5.74, 6) is 0. The molecule has 0 amide bonds. The second kappa shape index (κ2) is 5.02. The highest BCUT2D eigenvalue weighted by Crippen LogP contribution is 2.19. The maximum absolute atomic E-state index is 12.1. The Morgan fingerprint density at radius 1 is 1.26 bits per heavy atom. The maximum atomic E-state index is 12.1. The fourth-order valence-corrected chi connectivity index (χ4v) is 2.68. The summed E-state index contributed by atoms with van der Waals surface area (Å²) in [6.07, 6.45) is 1.13. The van der Waals surface area contributed by atoms with Gasteiger partial charge in [0.25, 0.3) is 10.0 Å². The number of anilines is 1. The van der Waals surface area contributed by atoms with Crippen molar-refractivity contribution in [2.75, 3.05) is 4.72 Å². The van der Waals surface area contributed by atoms with Gasteiger partial charge in [0, 0.05) is 12.3 Å². The third-order valence-corrected chi connectivity index (χ3v) is 3.94. The van der Waals surface area contributed by atoms with E-state index in [9.17, 15) is 13.2 Å². The molecule has 0 saturated heterocycles. The van der Waals surface area contributed by atoms with Crippen LogP contribution < -0.4 is 10.3 Å². The highest BCUT2D eigenvalue weighted by Gasteiger charge is 2.15. The van der Waals surface area contributed by atoms with E-state index in [2.05, 4.69) is 14.7 Å². The Kier molecular flexibility index (Phi) is 3.59. The predicted molar refractivity (Wildman–Crippen MR) is 71.9 cm³/mol. The normalized spacial score (nSPS) is 11.3. The van der Waals surface area contributed by atoms with Crippen LogP contribution in [0.1, 0.15) is 5.69 Å². The highest BCUT2D eigenvalue weighted by atomic mass is 35.5. The molecule has 0 aromatic carbocycles. The third-order valence-electron chi connectivity index (χ3n) is 2.36. The molecule has 0 bridgehead atoms. The Bertz CT molecular complexity index is 751. The van der Waals surface area contributed by atoms with Gasteiger partial charge in [-0.1, -0.05) is 11.6 Å². The quantitative estimate of drug-likeness (QED) is 0.841. The second-order valence-electron chi connectivity index (χ2n) is 3.76. The SMILES string of the molecule is Cc1nc(Cl)ccc1NS(=O)(=O)c1ccc(=O)[nH]c1. The Labute approximate surface area is 114 Å². The first-order valence-electron chi connectivity index (χ1n) is 5.23. The smallest absolute Gasteiger partial charge is 0.263 e. The Hall–Kier alpha value is -1.86. The molecule has 2 rings (SSSR count). The topological polar surface area (TPSA) is 91.9 Å². The van der Waals surface area contributed by atoms with E-state index in [0.29, 0.717) is 11.4 Å². The van der Waals surface area contributed by atoms with E-state index in [-0.39, 0.29) is 15.6 Å². The molecule has 0 aliphatic rings. The van der Waals surface area contributed by atoms with E-state index < -0.39 is 10.0 Å². The second-order valence-corrected chi connectivity index (χ2v) is 5.83. The van der Waals surface area contributed by atoms with Gasteiger partial charge in [0.2, 0.25) is 5.56 Å². The van der Waals surface area contributed by atoms with Gasteiger partial charge in [-0.3, -0.25) is 9.52 Å². The van der Waals surface area contributed by atoms with Crippen molar-refractivity contribution in [2.45, 2.75) is 11.8 Å². The van der Waals surface area contributed by atoms with Crippen molar-refractivity contribution in [3.8, 4) is 0 Å². The van der Waals surface area contributed by atoms with Crippen molar-refractivity contribution in [1.29, 1.82) is 0 Å². The molecule has 8 heteroatoms. The van der Waals surface area contributed by atoms with E-state index in [0.717, 1.165) is 12.3 Å². The van der Waals surface area contributed by atoms with Crippen molar-refractivity contribution < 1.29 is 8.42 Å². The standard InChI is InChI=1S/C11H10ClN3O3S/c1-7-9(3-4-10(12)14-7)15-19(17,18)8-2-5-11(16)13-6-8/h2-6,15H,1H3,(H,13,16). The average Bonchev–Trinajstić information content (AvgIpc) is 2.33. The molecule has 0 spiro atoms. The molecule has 6 nitrogen and oxygen atoms in total. The van der Waals surface area contributed by atoms with Crippen molar-refractivity contribution in [3.05, 3.63) is 51.7 Å². The van der Waals surface area contributed by atoms with Crippen molar-refractivity contribution in [3.63, 3.8) is 0 Å². The zero-order valence-electron chi connectivity index (χ0n) is 9.84. The number of H-pyrrole nitrogens is 1. The van der Waals surface area contributed by atoms with Gasteiger partial charge < -0.3 is 4.98 Å². The summed E-state index contributed by atoms with van der Waals surface area (Å²) in [7, 11) is -3.77. The lowest BCUT2D eigenvalue weighted by atomic mass is 10.3. The molecular formula is C11H10ClN3O3S. The number of rotatable bonds is 3. The lowest BCUT2D eigenvalue weighted by Crippen LogP contribution is -2.16. The van der Waals surface area contributed by atoms with Crippen LogP contribution in [0, 0.1) is 6.92 Å². The minimum absolute atomic E-state index is 0.0403. The first kappa shape index (κ1) is 13.6. The fraction of sp³-hybridized carbons (Fsp3) is 0.0909. The Morgan fingerprint density at radius 3 is 2.58 bits per heavy atom. The largest absolute Gasteiger partial charge is 0.328 e. The van der Waals surface area contributed by atoms with E-state index in [4.69, 9.17) is 11.6 Å². The van der Waals surface area contributed by atoms with Gasteiger partial charge in [-0.2, -0.15) is 0 Å². The van der Waals surface area contributed by atoms with E-state index in [1.807, 2.05) is 0 Å². The number of aryl methyl sites for hydroxylation is 1. The molecule has 19 heavy (non-hydrogen) atoms. The summed E-state index contributed by atoms with van der Waals surface area (Å²) < 4.78 is 26.5. The van der Waals surface area contributed by atoms with E-state index in [1.54, 1.807) is 6.92 Å². The van der Waals surface area contributed by atoms with Crippen molar-refractivity contribution in [1.82, 2.24) is 9.97 Å². The highest BCUT2D eigenvalue weighted by molar-refractivity contribution is 7.92. The molecule has 0 fully saturated rings. The van der Waals surface area contributed by atoms with Crippen LogP contribution >= 0.6 is 11.6 Å². The molecule has 100 valence electrons. The number of nitrogens with zero attached hydrogens (tertiary/aromatic N) is 1. The lowest BCUT2D eigenvalue weighted by Gasteiger charge is -2.09. The fourth-order valence-electron chi connectivity index (χ4n) is 1.41. The zero-order valence-corrected chi connectivity index (χ0v) is 11.4. The molecule has 0 radical (unpaired) electrons. The van der Waals surface area contributed by atoms with Crippen molar-refractivity contribution >= 4 is 27.3 Å². The van der Waals surface area contributed by atoms with Crippen LogP contribution in [-0.4, -0.2) is 18.4 Å². The van der Waals surface area contributed by atoms with Crippen LogP contribution in [0.2, 0.25) is 5.15 Å². The van der Waals surface area contributed by atoms with Crippen LogP contribution in [-0.2, 0) is 10.0 Å². The van der Waals surface area contributed by atoms with Gasteiger partial charge in [-0.05, 0) is 25.1 Å². The number of sulfonamides is 1. The number of aromatic amines is 1. The summed E-state index contributed by atoms with van der Waals surface area (Å²) in [5.41, 5.74) is 0.416. The Balaban J connectivity index is 2.36. The molecule has 0 aliphatic heterocycles. The van der Waals surface area contributed by atoms with Crippen LogP contribution in [0.5, 0.6) is 0 Å². The molecule has 2 aromatic rings. The molecule has 0 atom stereocenters. The van der Waals surface area contributed by atoms with Crippen LogP contribution in [0.3, 0.4) is 0 Å². The van der Waals surface area contributed by atoms with Gasteiger partial charge in [-0.15, -0.1) is 0 Å². The lowest BCUT2D eigenvalue weighted by molar-refractivity contribution is 0.600. The third kappa shape index (κ3) is 3.12. The molecule has 2 aromatic heterocycles. The average molecular weight is 300 g/mol. The van der Waals surface area contributed by atoms with Crippen LogP contribution in [0.4, 0.5) is 5.69 Å². The molecule has 0 aliphatic carbocycles. The predicted octanol–water partition coefficient (Wildman–Crippen LogP) is 1.53. The summed E-state index contributed by atoms with van der Waals surface area (Å²) in [6.45, 7) is 1.64. The number of hydrogen-bond acceptors (Lipinski definition) is 4. The Morgan fingerprint density at radius 2 is 2.00 bits per heavy atom. The number of halogens is 1. The van der Waals surface area contributed by atoms with E-state index >= 15 is 0 Å². The molecule has 0 unspecified atom stereocenters. The van der Waals surface area contributed by atoms with Gasteiger partial charge >= 0.3 is 0 Å². The zero-order chi connectivity index (χ0) is 14.0. The van der Waals surface area contributed by atoms with E-state index in [1.165, 1.54) is 18.2 Å². The first-order valence-corrected chi connectivity index (χ1v) is 7.09. The molecule has 2 heterocycles. The van der Waals surface area contributed by atoms with Crippen molar-refractivity contribution in [2.24, 2.45) is 0 Å². The number of pyridine rings is 2. The molecule has 2 N–H and O–H groups in total. The number of nitrogens with one attached hydrogen (secondary N) is 2. The number of aromatic nitrogens is 2. The van der Waals surface area contributed by atoms with Crippen LogP contribution in [0.15, 0.2) is 40.2 Å². The monoisotopic (exact) mass is 299 g/mol. The van der Waals surface area contributed by atoms with Gasteiger partial charge in [0.05, 0.1) is 11.4 Å². The van der Waals surface area contributed by atoms with Gasteiger partial charge in [0.1, 0.15) is 10.0 Å². The maximum Gasteiger partial charge on any atom is 0.263 e. The number of hydrogen-bond donors (Lipinski definition) is 2. The summed E-state index contributed by atoms with van der Waals surface area (Å²) in [4.78, 5) is 17.1. The van der Waals surface area contributed by atoms with Crippen LogP contribution in [0.25, 0.3) is 0 Å².